The van der Waals surface area contributed by atoms with E-state index in [9.17, 15) is 14.3 Å². The molecule has 1 atom stereocenters. The van der Waals surface area contributed by atoms with Gasteiger partial charge in [-0.15, -0.1) is 6.58 Å². The van der Waals surface area contributed by atoms with Crippen LogP contribution >= 0.6 is 0 Å². The van der Waals surface area contributed by atoms with Gasteiger partial charge in [0.15, 0.2) is 0 Å². The fourth-order valence-corrected chi connectivity index (χ4v) is 2.54. The van der Waals surface area contributed by atoms with Gasteiger partial charge in [0.2, 0.25) is 0 Å². The molecule has 1 N–H and O–H groups in total. The molecular weight excluding hydrogens is 317 g/mol. The molecular formula is C21H20FNO2. The molecule has 0 amide bonds. The van der Waals surface area contributed by atoms with E-state index in [-0.39, 0.29) is 12.4 Å². The van der Waals surface area contributed by atoms with Gasteiger partial charge < -0.3 is 5.11 Å². The van der Waals surface area contributed by atoms with Crippen molar-refractivity contribution in [1.82, 2.24) is 4.90 Å². The van der Waals surface area contributed by atoms with Crippen LogP contribution in [-0.2, 0) is 4.79 Å². The number of carboxylic acids is 1. The van der Waals surface area contributed by atoms with E-state index in [0.29, 0.717) is 17.7 Å². The fourth-order valence-electron chi connectivity index (χ4n) is 2.54. The van der Waals surface area contributed by atoms with E-state index in [1.807, 2.05) is 30.3 Å². The number of rotatable bonds is 6. The van der Waals surface area contributed by atoms with Gasteiger partial charge in [0.25, 0.3) is 0 Å². The number of nitrogens with zero attached hydrogens (tertiary/aromatic N) is 1. The maximum absolute atomic E-state index is 13.5. The van der Waals surface area contributed by atoms with Crippen molar-refractivity contribution in [1.29, 1.82) is 0 Å². The summed E-state index contributed by atoms with van der Waals surface area (Å²) in [4.78, 5) is 13.5. The molecule has 0 bridgehead atoms. The lowest BCUT2D eigenvalue weighted by Crippen LogP contribution is -2.34. The highest BCUT2D eigenvalue weighted by Gasteiger charge is 2.26. The summed E-state index contributed by atoms with van der Waals surface area (Å²) in [5.74, 6) is 4.67. The quantitative estimate of drug-likeness (QED) is 0.644. The molecule has 3 nitrogen and oxygen atoms in total. The minimum atomic E-state index is -1.01. The Labute approximate surface area is 147 Å². The third-order valence-corrected chi connectivity index (χ3v) is 3.75. The molecule has 25 heavy (non-hydrogen) atoms. The maximum Gasteiger partial charge on any atom is 0.325 e. The van der Waals surface area contributed by atoms with Crippen molar-refractivity contribution in [2.75, 3.05) is 13.1 Å². The average molecular weight is 337 g/mol. The lowest BCUT2D eigenvalue weighted by atomic mass is 10.0. The molecule has 4 heteroatoms. The van der Waals surface area contributed by atoms with Crippen LogP contribution in [0.4, 0.5) is 4.39 Å². The average Bonchev–Trinajstić information content (AvgIpc) is 2.59. The first-order valence-corrected chi connectivity index (χ1v) is 7.90. The Morgan fingerprint density at radius 1 is 1.32 bits per heavy atom. The minimum absolute atomic E-state index is 0.258. The van der Waals surface area contributed by atoms with Crippen molar-refractivity contribution in [3.63, 3.8) is 0 Å². The van der Waals surface area contributed by atoms with E-state index in [1.165, 1.54) is 12.1 Å². The highest BCUT2D eigenvalue weighted by molar-refractivity contribution is 5.75. The molecule has 2 aromatic carbocycles. The van der Waals surface area contributed by atoms with Crippen LogP contribution in [0, 0.1) is 24.6 Å². The smallest absolute Gasteiger partial charge is 0.325 e. The van der Waals surface area contributed by atoms with Gasteiger partial charge in [0, 0.05) is 12.1 Å². The Hall–Kier alpha value is -2.90. The van der Waals surface area contributed by atoms with E-state index in [0.717, 1.165) is 5.56 Å². The van der Waals surface area contributed by atoms with E-state index < -0.39 is 12.0 Å². The number of carboxylic acid groups (broad SMARTS) is 1. The number of hydrogen-bond acceptors (Lipinski definition) is 2. The molecule has 128 valence electrons. The first kappa shape index (κ1) is 18.4. The Morgan fingerprint density at radius 3 is 2.64 bits per heavy atom. The Balaban J connectivity index is 2.27. The van der Waals surface area contributed by atoms with Crippen molar-refractivity contribution in [2.45, 2.75) is 13.0 Å². The molecule has 0 spiro atoms. The molecule has 2 aromatic rings. The van der Waals surface area contributed by atoms with E-state index in [2.05, 4.69) is 18.4 Å². The lowest BCUT2D eigenvalue weighted by Gasteiger charge is -2.26. The summed E-state index contributed by atoms with van der Waals surface area (Å²) in [7, 11) is 0. The van der Waals surface area contributed by atoms with Crippen LogP contribution in [0.5, 0.6) is 0 Å². The predicted molar refractivity (Wildman–Crippen MR) is 96.6 cm³/mol. The molecule has 0 aliphatic rings. The van der Waals surface area contributed by atoms with Gasteiger partial charge in [-0.1, -0.05) is 48.2 Å². The fraction of sp³-hybridized carbons (Fsp3) is 0.190. The number of aliphatic carboxylic acids is 1. The second-order valence-electron chi connectivity index (χ2n) is 5.64. The first-order valence-electron chi connectivity index (χ1n) is 7.90. The van der Waals surface area contributed by atoms with Crippen LogP contribution in [-0.4, -0.2) is 29.1 Å². The number of benzene rings is 2. The Kier molecular flexibility index (Phi) is 6.50. The predicted octanol–water partition coefficient (Wildman–Crippen LogP) is 3.80. The lowest BCUT2D eigenvalue weighted by molar-refractivity contribution is -0.143. The highest BCUT2D eigenvalue weighted by atomic mass is 19.1. The molecule has 0 heterocycles. The summed E-state index contributed by atoms with van der Waals surface area (Å²) in [6.45, 7) is 5.92. The van der Waals surface area contributed by atoms with Gasteiger partial charge in [-0.3, -0.25) is 9.69 Å². The summed E-state index contributed by atoms with van der Waals surface area (Å²) < 4.78 is 13.5. The molecule has 0 fully saturated rings. The third kappa shape index (κ3) is 5.03. The van der Waals surface area contributed by atoms with Crippen LogP contribution in [0.25, 0.3) is 0 Å². The standard InChI is InChI=1S/C21H20FNO2/c1-3-13-23(14-7-10-17-8-5-4-6-9-17)20(21(24)25)18-11-12-19(22)16(2)15-18/h3-6,8-9,11-12,15,20H,1,13-14H2,2H3,(H,24,25). The van der Waals surface area contributed by atoms with Gasteiger partial charge in [-0.05, 0) is 36.2 Å². The molecule has 0 saturated carbocycles. The van der Waals surface area contributed by atoms with Crippen molar-refractivity contribution < 1.29 is 14.3 Å². The van der Waals surface area contributed by atoms with E-state index in [4.69, 9.17) is 0 Å². The summed E-state index contributed by atoms with van der Waals surface area (Å²) in [6.07, 6.45) is 1.64. The molecule has 0 aromatic heterocycles. The zero-order valence-corrected chi connectivity index (χ0v) is 14.1. The summed E-state index contributed by atoms with van der Waals surface area (Å²) >= 11 is 0. The van der Waals surface area contributed by atoms with E-state index >= 15 is 0 Å². The largest absolute Gasteiger partial charge is 0.480 e. The Bertz CT molecular complexity index is 806. The molecule has 1 unspecified atom stereocenters. The number of aryl methyl sites for hydroxylation is 1. The van der Waals surface area contributed by atoms with Crippen molar-refractivity contribution in [3.8, 4) is 11.8 Å². The van der Waals surface area contributed by atoms with Gasteiger partial charge in [0.1, 0.15) is 11.9 Å². The van der Waals surface area contributed by atoms with Crippen LogP contribution in [0.3, 0.4) is 0 Å². The Morgan fingerprint density at radius 2 is 2.04 bits per heavy atom. The second-order valence-corrected chi connectivity index (χ2v) is 5.64. The molecule has 0 saturated heterocycles. The molecule has 0 aliphatic heterocycles. The maximum atomic E-state index is 13.5. The summed E-state index contributed by atoms with van der Waals surface area (Å²) in [5.41, 5.74) is 1.80. The van der Waals surface area contributed by atoms with Gasteiger partial charge in [-0.2, -0.15) is 0 Å². The van der Waals surface area contributed by atoms with Crippen LogP contribution in [0.2, 0.25) is 0 Å². The molecule has 0 radical (unpaired) electrons. The highest BCUT2D eigenvalue weighted by Crippen LogP contribution is 2.23. The first-order chi connectivity index (χ1) is 12.0. The van der Waals surface area contributed by atoms with Crippen molar-refractivity contribution in [2.24, 2.45) is 0 Å². The SMILES string of the molecule is C=CCN(CC#Cc1ccccc1)C(C(=O)O)c1ccc(F)c(C)c1. The normalized spacial score (nSPS) is 11.5. The monoisotopic (exact) mass is 337 g/mol. The van der Waals surface area contributed by atoms with Crippen LogP contribution < -0.4 is 0 Å². The van der Waals surface area contributed by atoms with Crippen molar-refractivity contribution in [3.05, 3.63) is 83.7 Å². The van der Waals surface area contributed by atoms with Crippen LogP contribution in [0.15, 0.2) is 61.2 Å². The van der Waals surface area contributed by atoms with Crippen molar-refractivity contribution >= 4 is 5.97 Å². The van der Waals surface area contributed by atoms with Gasteiger partial charge in [-0.25, -0.2) is 4.39 Å². The molecule has 2 rings (SSSR count). The third-order valence-electron chi connectivity index (χ3n) is 3.75. The van der Waals surface area contributed by atoms with E-state index in [1.54, 1.807) is 24.0 Å². The number of halogens is 1. The second kappa shape index (κ2) is 8.81. The number of carbonyl (C=O) groups is 1. The topological polar surface area (TPSA) is 40.5 Å². The minimum Gasteiger partial charge on any atom is -0.480 e. The zero-order valence-electron chi connectivity index (χ0n) is 14.1. The number of hydrogen-bond donors (Lipinski definition) is 1. The van der Waals surface area contributed by atoms with Crippen LogP contribution in [0.1, 0.15) is 22.7 Å². The zero-order chi connectivity index (χ0) is 18.2. The van der Waals surface area contributed by atoms with Gasteiger partial charge in [0.05, 0.1) is 6.54 Å². The molecule has 0 aliphatic carbocycles. The summed E-state index contributed by atoms with van der Waals surface area (Å²) in [6, 6.07) is 12.9. The van der Waals surface area contributed by atoms with Gasteiger partial charge >= 0.3 is 5.97 Å². The summed E-state index contributed by atoms with van der Waals surface area (Å²) in [5, 5.41) is 9.68.